The number of carbonyl (C=O) groups excluding carboxylic acids is 2. The second-order valence-corrected chi connectivity index (χ2v) is 2.12. The molecule has 0 bridgehead atoms. The summed E-state index contributed by atoms with van der Waals surface area (Å²) < 4.78 is 8.59. The predicted molar refractivity (Wildman–Crippen MR) is 48.6 cm³/mol. The van der Waals surface area contributed by atoms with Crippen molar-refractivity contribution in [3.63, 3.8) is 0 Å². The van der Waals surface area contributed by atoms with Crippen LogP contribution in [0, 0.1) is 0 Å². The fraction of sp³-hybridized carbons (Fsp3) is 0.714. The molecule has 0 radical (unpaired) electrons. The zero-order valence-corrected chi connectivity index (χ0v) is 8.43. The second kappa shape index (κ2) is 7.82. The molecule has 0 aromatic rings. The van der Waals surface area contributed by atoms with Crippen molar-refractivity contribution in [2.24, 2.45) is 5.73 Å². The average molecular weight is 212 g/mol. The van der Waals surface area contributed by atoms with Crippen LogP contribution in [0.3, 0.4) is 0 Å². The van der Waals surface area contributed by atoms with E-state index in [-0.39, 0.29) is 19.0 Å². The van der Waals surface area contributed by atoms with Crippen molar-refractivity contribution in [1.82, 2.24) is 0 Å². The fourth-order valence-electron chi connectivity index (χ4n) is 0.472. The number of rotatable bonds is 3. The maximum absolute atomic E-state index is 10.8. The maximum atomic E-state index is 10.8. The number of halogens is 1. The number of carbonyl (C=O) groups is 2. The first-order valence-corrected chi connectivity index (χ1v) is 3.75. The van der Waals surface area contributed by atoms with Crippen molar-refractivity contribution in [1.29, 1.82) is 0 Å². The Bertz CT molecular complexity index is 174. The molecule has 78 valence electrons. The second-order valence-electron chi connectivity index (χ2n) is 2.12. The van der Waals surface area contributed by atoms with Crippen LogP contribution in [0.25, 0.3) is 0 Å². The first kappa shape index (κ1) is 14.7. The zero-order valence-electron chi connectivity index (χ0n) is 7.61. The molecule has 0 saturated carbocycles. The summed E-state index contributed by atoms with van der Waals surface area (Å²) in [5.74, 6) is -0.754. The maximum Gasteiger partial charge on any atom is 0.516 e. The van der Waals surface area contributed by atoms with E-state index in [4.69, 9.17) is 5.73 Å². The molecule has 6 heteroatoms. The third-order valence-corrected chi connectivity index (χ3v) is 1.19. The first-order valence-electron chi connectivity index (χ1n) is 3.75. The molecule has 2 N–H and O–H groups in total. The summed E-state index contributed by atoms with van der Waals surface area (Å²) in [5, 5.41) is 0. The lowest BCUT2D eigenvalue weighted by Crippen LogP contribution is -2.33. The molecule has 0 rings (SSSR count). The molecule has 0 aliphatic heterocycles. The molecule has 0 fully saturated rings. The molecule has 0 unspecified atom stereocenters. The number of ether oxygens (including phenoxy) is 2. The van der Waals surface area contributed by atoms with Gasteiger partial charge in [0.05, 0.1) is 6.61 Å². The Morgan fingerprint density at radius 2 is 1.92 bits per heavy atom. The lowest BCUT2D eigenvalue weighted by atomic mass is 10.2. The molecule has 0 aliphatic rings. The van der Waals surface area contributed by atoms with Crippen LogP contribution >= 0.6 is 12.4 Å². The van der Waals surface area contributed by atoms with Crippen molar-refractivity contribution < 1.29 is 19.1 Å². The summed E-state index contributed by atoms with van der Waals surface area (Å²) in [7, 11) is 0. The summed E-state index contributed by atoms with van der Waals surface area (Å²) in [6.45, 7) is 3.51. The fourth-order valence-corrected chi connectivity index (χ4v) is 0.472. The van der Waals surface area contributed by atoms with Gasteiger partial charge >= 0.3 is 12.1 Å². The van der Waals surface area contributed by atoms with Gasteiger partial charge in [-0.25, -0.2) is 9.59 Å². The van der Waals surface area contributed by atoms with Crippen LogP contribution in [-0.2, 0) is 14.3 Å². The number of nitrogens with two attached hydrogens (primary N) is 1. The third-order valence-electron chi connectivity index (χ3n) is 1.19. The summed E-state index contributed by atoms with van der Waals surface area (Å²) in [6, 6.07) is -0.755. The topological polar surface area (TPSA) is 78.6 Å². The van der Waals surface area contributed by atoms with Gasteiger partial charge < -0.3 is 15.2 Å². The zero-order chi connectivity index (χ0) is 9.56. The Morgan fingerprint density at radius 3 is 2.31 bits per heavy atom. The molecule has 1 atom stereocenters. The predicted octanol–water partition coefficient (Wildman–Crippen LogP) is 0.845. The number of hydrogen-bond acceptors (Lipinski definition) is 5. The van der Waals surface area contributed by atoms with Gasteiger partial charge in [0.2, 0.25) is 0 Å². The summed E-state index contributed by atoms with van der Waals surface area (Å²) in [4.78, 5) is 21.4. The van der Waals surface area contributed by atoms with Gasteiger partial charge in [0.1, 0.15) is 6.04 Å². The van der Waals surface area contributed by atoms with Gasteiger partial charge in [0.15, 0.2) is 0 Å². The van der Waals surface area contributed by atoms with Gasteiger partial charge in [-0.1, -0.05) is 6.92 Å². The Hall–Kier alpha value is -0.810. The molecule has 13 heavy (non-hydrogen) atoms. The van der Waals surface area contributed by atoms with Crippen molar-refractivity contribution in [3.05, 3.63) is 0 Å². The monoisotopic (exact) mass is 211 g/mol. The van der Waals surface area contributed by atoms with E-state index in [9.17, 15) is 9.59 Å². The molecule has 0 heterocycles. The van der Waals surface area contributed by atoms with Gasteiger partial charge in [-0.15, -0.1) is 12.4 Å². The highest BCUT2D eigenvalue weighted by Crippen LogP contribution is 1.93. The van der Waals surface area contributed by atoms with E-state index >= 15 is 0 Å². The number of hydrogen-bond donors (Lipinski definition) is 1. The molecule has 5 nitrogen and oxygen atoms in total. The van der Waals surface area contributed by atoms with Crippen LogP contribution in [0.15, 0.2) is 0 Å². The van der Waals surface area contributed by atoms with Gasteiger partial charge in [-0.05, 0) is 13.3 Å². The highest BCUT2D eigenvalue weighted by Gasteiger charge is 2.17. The van der Waals surface area contributed by atoms with Crippen LogP contribution in [0.4, 0.5) is 4.79 Å². The molecular formula is C7H14ClNO4. The first-order chi connectivity index (χ1) is 5.61. The summed E-state index contributed by atoms with van der Waals surface area (Å²) in [6.07, 6.45) is -0.565. The minimum atomic E-state index is -0.994. The minimum absolute atomic E-state index is 0. The van der Waals surface area contributed by atoms with E-state index in [0.29, 0.717) is 6.42 Å². The lowest BCUT2D eigenvalue weighted by Gasteiger charge is -2.06. The van der Waals surface area contributed by atoms with Crippen molar-refractivity contribution in [2.75, 3.05) is 6.61 Å². The van der Waals surface area contributed by atoms with Crippen molar-refractivity contribution in [2.45, 2.75) is 26.3 Å². The van der Waals surface area contributed by atoms with Crippen LogP contribution in [0.2, 0.25) is 0 Å². The largest absolute Gasteiger partial charge is 0.516 e. The van der Waals surface area contributed by atoms with E-state index in [2.05, 4.69) is 9.47 Å². The van der Waals surface area contributed by atoms with Crippen molar-refractivity contribution >= 4 is 24.5 Å². The molecule has 0 aromatic heterocycles. The normalized spacial score (nSPS) is 11.0. The number of esters is 1. The van der Waals surface area contributed by atoms with Crippen LogP contribution in [0.5, 0.6) is 0 Å². The summed E-state index contributed by atoms with van der Waals surface area (Å²) >= 11 is 0. The summed E-state index contributed by atoms with van der Waals surface area (Å²) in [5.41, 5.74) is 5.28. The molecule has 0 aromatic carbocycles. The van der Waals surface area contributed by atoms with E-state index in [0.717, 1.165) is 0 Å². The van der Waals surface area contributed by atoms with E-state index in [1.54, 1.807) is 13.8 Å². The SMILES string of the molecule is CCOC(=O)OC(=O)[C@@H](N)CC.Cl. The van der Waals surface area contributed by atoms with E-state index in [1.807, 2.05) is 0 Å². The standard InChI is InChI=1S/C7H13NO4.ClH/c1-3-5(8)6(9)12-7(10)11-4-2;/h5H,3-4,8H2,1-2H3;1H/t5-;/m0./s1. The molecule has 0 spiro atoms. The molecule has 0 aliphatic carbocycles. The van der Waals surface area contributed by atoms with Gasteiger partial charge in [0.25, 0.3) is 0 Å². The Balaban J connectivity index is 0. The van der Waals surface area contributed by atoms with Crippen LogP contribution < -0.4 is 5.73 Å². The Labute approximate surface area is 83.0 Å². The van der Waals surface area contributed by atoms with Gasteiger partial charge in [-0.2, -0.15) is 0 Å². The smallest absolute Gasteiger partial charge is 0.434 e. The third kappa shape index (κ3) is 6.36. The molecular weight excluding hydrogens is 198 g/mol. The van der Waals surface area contributed by atoms with Crippen molar-refractivity contribution in [3.8, 4) is 0 Å². The van der Waals surface area contributed by atoms with Gasteiger partial charge in [0, 0.05) is 0 Å². The Morgan fingerprint density at radius 1 is 1.38 bits per heavy atom. The van der Waals surface area contributed by atoms with Crippen LogP contribution in [-0.4, -0.2) is 24.8 Å². The van der Waals surface area contributed by atoms with Gasteiger partial charge in [-0.3, -0.25) is 0 Å². The lowest BCUT2D eigenvalue weighted by molar-refractivity contribution is -0.141. The van der Waals surface area contributed by atoms with Crippen LogP contribution in [0.1, 0.15) is 20.3 Å². The highest BCUT2D eigenvalue weighted by molar-refractivity contribution is 5.85. The average Bonchev–Trinajstić information content (AvgIpc) is 2.03. The molecule has 0 saturated heterocycles. The minimum Gasteiger partial charge on any atom is -0.434 e. The van der Waals surface area contributed by atoms with E-state index in [1.165, 1.54) is 0 Å². The Kier molecular flexibility index (Phi) is 8.84. The quantitative estimate of drug-likeness (QED) is 0.553. The van der Waals surface area contributed by atoms with E-state index < -0.39 is 18.2 Å². The molecule has 0 amide bonds. The highest BCUT2D eigenvalue weighted by atomic mass is 35.5.